The first kappa shape index (κ1) is 20.1. The average Bonchev–Trinajstić information content (AvgIpc) is 3.12. The zero-order valence-electron chi connectivity index (χ0n) is 14.6. The highest BCUT2D eigenvalue weighted by Crippen LogP contribution is 2.32. The number of rotatable bonds is 7. The summed E-state index contributed by atoms with van der Waals surface area (Å²) in [4.78, 5) is 8.21. The zero-order valence-corrected chi connectivity index (χ0v) is 16.9. The Morgan fingerprint density at radius 3 is 2.85 bits per heavy atom. The number of nitrogens with zero attached hydrogens (tertiary/aromatic N) is 2. The molecule has 2 aromatic rings. The van der Waals surface area contributed by atoms with Crippen LogP contribution in [0.5, 0.6) is 17.2 Å². The van der Waals surface area contributed by atoms with Crippen LogP contribution in [-0.4, -0.2) is 44.5 Å². The van der Waals surface area contributed by atoms with E-state index in [1.54, 1.807) is 19.4 Å². The third kappa shape index (κ3) is 5.94. The van der Waals surface area contributed by atoms with Crippen LogP contribution in [0.3, 0.4) is 0 Å². The molecule has 0 unspecified atom stereocenters. The molecule has 26 heavy (non-hydrogen) atoms. The van der Waals surface area contributed by atoms with Gasteiger partial charge in [-0.3, -0.25) is 9.98 Å². The molecular weight excluding hydrogens is 447 g/mol. The van der Waals surface area contributed by atoms with E-state index in [-0.39, 0.29) is 24.0 Å². The van der Waals surface area contributed by atoms with Gasteiger partial charge in [0.1, 0.15) is 12.4 Å². The summed E-state index contributed by atoms with van der Waals surface area (Å²) in [6.07, 6.45) is 4.28. The fourth-order valence-corrected chi connectivity index (χ4v) is 2.41. The molecule has 0 atom stereocenters. The number of hydrogen-bond donors (Lipinski definition) is 2. The summed E-state index contributed by atoms with van der Waals surface area (Å²) in [6.45, 7) is 2.25. The minimum Gasteiger partial charge on any atom is -0.490 e. The van der Waals surface area contributed by atoms with Crippen LogP contribution in [-0.2, 0) is 6.42 Å². The van der Waals surface area contributed by atoms with Gasteiger partial charge in [0.2, 0.25) is 6.79 Å². The Morgan fingerprint density at radius 2 is 2.04 bits per heavy atom. The number of aliphatic imine (C=N–C) groups is 1. The molecule has 140 valence electrons. The summed E-state index contributed by atoms with van der Waals surface area (Å²) in [7, 11) is 1.75. The van der Waals surface area contributed by atoms with Gasteiger partial charge in [0.05, 0.1) is 12.7 Å². The quantitative estimate of drug-likeness (QED) is 0.280. The smallest absolute Gasteiger partial charge is 0.231 e. The summed E-state index contributed by atoms with van der Waals surface area (Å²) in [5, 5.41) is 6.50. The first-order chi connectivity index (χ1) is 12.3. The van der Waals surface area contributed by atoms with Gasteiger partial charge in [-0.2, -0.15) is 0 Å². The van der Waals surface area contributed by atoms with E-state index in [4.69, 9.17) is 14.2 Å². The van der Waals surface area contributed by atoms with Crippen molar-refractivity contribution < 1.29 is 14.2 Å². The van der Waals surface area contributed by atoms with Crippen molar-refractivity contribution in [2.24, 2.45) is 4.99 Å². The molecule has 3 rings (SSSR count). The van der Waals surface area contributed by atoms with Gasteiger partial charge in [-0.15, -0.1) is 24.0 Å². The molecule has 2 heterocycles. The van der Waals surface area contributed by atoms with Crippen molar-refractivity contribution in [2.45, 2.75) is 6.42 Å². The topological polar surface area (TPSA) is 77.0 Å². The Hall–Kier alpha value is -2.23. The van der Waals surface area contributed by atoms with Crippen LogP contribution in [0.15, 0.2) is 47.7 Å². The number of pyridine rings is 1. The van der Waals surface area contributed by atoms with Gasteiger partial charge in [0.15, 0.2) is 17.5 Å². The molecular formula is C18H23IN4O3. The van der Waals surface area contributed by atoms with E-state index in [1.807, 2.05) is 30.3 Å². The minimum absolute atomic E-state index is 0. The number of ether oxygens (including phenoxy) is 3. The molecule has 2 N–H and O–H groups in total. The fraction of sp³-hybridized carbons (Fsp3) is 0.333. The molecule has 0 fully saturated rings. The van der Waals surface area contributed by atoms with Gasteiger partial charge in [-0.1, -0.05) is 6.07 Å². The maximum Gasteiger partial charge on any atom is 0.231 e. The maximum absolute atomic E-state index is 5.58. The molecule has 8 heteroatoms. The second kappa shape index (κ2) is 10.7. The van der Waals surface area contributed by atoms with E-state index in [1.165, 1.54) is 5.56 Å². The predicted molar refractivity (Wildman–Crippen MR) is 111 cm³/mol. The van der Waals surface area contributed by atoms with Crippen molar-refractivity contribution in [3.63, 3.8) is 0 Å². The van der Waals surface area contributed by atoms with E-state index in [9.17, 15) is 0 Å². The molecule has 1 aromatic carbocycles. The second-order valence-corrected chi connectivity index (χ2v) is 5.40. The van der Waals surface area contributed by atoms with Crippen LogP contribution in [0.2, 0.25) is 0 Å². The predicted octanol–water partition coefficient (Wildman–Crippen LogP) is 2.21. The van der Waals surface area contributed by atoms with Crippen molar-refractivity contribution in [3.8, 4) is 17.2 Å². The van der Waals surface area contributed by atoms with Crippen molar-refractivity contribution in [2.75, 3.05) is 33.5 Å². The lowest BCUT2D eigenvalue weighted by Crippen LogP contribution is -2.40. The molecule has 0 spiro atoms. The molecule has 0 saturated heterocycles. The average molecular weight is 470 g/mol. The van der Waals surface area contributed by atoms with Gasteiger partial charge < -0.3 is 24.8 Å². The summed E-state index contributed by atoms with van der Waals surface area (Å²) in [6, 6.07) is 9.74. The summed E-state index contributed by atoms with van der Waals surface area (Å²) >= 11 is 0. The Morgan fingerprint density at radius 1 is 1.19 bits per heavy atom. The largest absolute Gasteiger partial charge is 0.490 e. The van der Waals surface area contributed by atoms with E-state index in [2.05, 4.69) is 20.6 Å². The van der Waals surface area contributed by atoms with E-state index in [0.717, 1.165) is 36.2 Å². The van der Waals surface area contributed by atoms with Crippen LogP contribution in [0.25, 0.3) is 0 Å². The number of aromatic nitrogens is 1. The van der Waals surface area contributed by atoms with Gasteiger partial charge in [-0.25, -0.2) is 0 Å². The number of guanidine groups is 1. The number of nitrogens with one attached hydrogen (secondary N) is 2. The van der Waals surface area contributed by atoms with Crippen LogP contribution in [0.1, 0.15) is 5.56 Å². The first-order valence-electron chi connectivity index (χ1n) is 8.21. The number of halogens is 1. The molecule has 1 aromatic heterocycles. The van der Waals surface area contributed by atoms with Gasteiger partial charge in [0.25, 0.3) is 0 Å². The van der Waals surface area contributed by atoms with Crippen molar-refractivity contribution in [1.82, 2.24) is 15.6 Å². The van der Waals surface area contributed by atoms with Gasteiger partial charge in [-0.05, 0) is 36.2 Å². The highest BCUT2D eigenvalue weighted by Gasteiger charge is 2.12. The Kier molecular flexibility index (Phi) is 8.26. The number of hydrogen-bond acceptors (Lipinski definition) is 5. The number of fused-ring (bicyclic) bond motifs is 1. The standard InChI is InChI=1S/C18H22N4O3.HI/c1-19-18(22-9-10-23-15-3-2-7-20-12-15)21-8-6-14-4-5-16-17(11-14)25-13-24-16;/h2-5,7,11-12H,6,8-10,13H2,1H3,(H2,19,21,22);1H. The van der Waals surface area contributed by atoms with Crippen LogP contribution >= 0.6 is 24.0 Å². The molecule has 0 saturated carbocycles. The lowest BCUT2D eigenvalue weighted by Gasteiger charge is -2.12. The molecule has 0 amide bonds. The van der Waals surface area contributed by atoms with Crippen molar-refractivity contribution >= 4 is 29.9 Å². The highest BCUT2D eigenvalue weighted by atomic mass is 127. The monoisotopic (exact) mass is 470 g/mol. The fourth-order valence-electron chi connectivity index (χ4n) is 2.41. The summed E-state index contributed by atoms with van der Waals surface area (Å²) in [5.41, 5.74) is 1.19. The highest BCUT2D eigenvalue weighted by molar-refractivity contribution is 14.0. The third-order valence-electron chi connectivity index (χ3n) is 3.66. The molecule has 1 aliphatic heterocycles. The summed E-state index contributed by atoms with van der Waals surface area (Å²) < 4.78 is 16.3. The third-order valence-corrected chi connectivity index (χ3v) is 3.66. The maximum atomic E-state index is 5.58. The Bertz CT molecular complexity index is 713. The van der Waals surface area contributed by atoms with E-state index < -0.39 is 0 Å². The molecule has 7 nitrogen and oxygen atoms in total. The Balaban J connectivity index is 0.00000243. The molecule has 0 radical (unpaired) electrons. The zero-order chi connectivity index (χ0) is 17.3. The van der Waals surface area contributed by atoms with Gasteiger partial charge in [0, 0.05) is 19.8 Å². The lowest BCUT2D eigenvalue weighted by atomic mass is 10.1. The summed E-state index contributed by atoms with van der Waals surface area (Å²) in [5.74, 6) is 3.13. The minimum atomic E-state index is 0. The number of benzene rings is 1. The van der Waals surface area contributed by atoms with Gasteiger partial charge >= 0.3 is 0 Å². The second-order valence-electron chi connectivity index (χ2n) is 5.40. The van der Waals surface area contributed by atoms with Crippen molar-refractivity contribution in [3.05, 3.63) is 48.3 Å². The molecule has 0 aliphatic carbocycles. The van der Waals surface area contributed by atoms with Crippen LogP contribution in [0, 0.1) is 0 Å². The molecule has 1 aliphatic rings. The van der Waals surface area contributed by atoms with Crippen LogP contribution in [0.4, 0.5) is 0 Å². The lowest BCUT2D eigenvalue weighted by molar-refractivity contribution is 0.174. The Labute approximate surface area is 170 Å². The van der Waals surface area contributed by atoms with Crippen molar-refractivity contribution in [1.29, 1.82) is 0 Å². The SMILES string of the molecule is CN=C(NCCOc1cccnc1)NCCc1ccc2c(c1)OCO2.I. The van der Waals surface area contributed by atoms with E-state index >= 15 is 0 Å². The first-order valence-corrected chi connectivity index (χ1v) is 8.21. The molecule has 0 bridgehead atoms. The normalized spacial score (nSPS) is 12.3. The van der Waals surface area contributed by atoms with E-state index in [0.29, 0.717) is 19.9 Å². The van der Waals surface area contributed by atoms with Crippen LogP contribution < -0.4 is 24.8 Å².